The third kappa shape index (κ3) is 4.49. The van der Waals surface area contributed by atoms with E-state index >= 15 is 0 Å². The van der Waals surface area contributed by atoms with E-state index in [1.165, 1.54) is 7.11 Å². The van der Waals surface area contributed by atoms with Gasteiger partial charge in [0.25, 0.3) is 7.37 Å². The van der Waals surface area contributed by atoms with Gasteiger partial charge in [-0.15, -0.1) is 0 Å². The summed E-state index contributed by atoms with van der Waals surface area (Å²) >= 11 is 3.47. The minimum Gasteiger partial charge on any atom is -0.378 e. The summed E-state index contributed by atoms with van der Waals surface area (Å²) in [6, 6.07) is 25.3. The molecule has 0 aliphatic rings. The smallest absolute Gasteiger partial charge is 0.257 e. The first-order valence-corrected chi connectivity index (χ1v) is 11.4. The topological polar surface area (TPSA) is 41.6 Å². The molecule has 2 atom stereocenters. The third-order valence-corrected chi connectivity index (χ3v) is 7.80. The van der Waals surface area contributed by atoms with E-state index in [1.54, 1.807) is 0 Å². The largest absolute Gasteiger partial charge is 0.378 e. The lowest BCUT2D eigenvalue weighted by atomic mass is 10.2. The molecule has 0 spiro atoms. The molecule has 146 valence electrons. The molecule has 0 amide bonds. The normalized spacial score (nSPS) is 14.1. The van der Waals surface area contributed by atoms with Crippen LogP contribution in [0.2, 0.25) is 0 Å². The maximum absolute atomic E-state index is 14.1. The summed E-state index contributed by atoms with van der Waals surface area (Å²) in [5.41, 5.74) is 2.83. The molecule has 0 bridgehead atoms. The van der Waals surface area contributed by atoms with Crippen molar-refractivity contribution in [3.05, 3.63) is 88.9 Å². The Morgan fingerprint density at radius 2 is 1.54 bits per heavy atom. The van der Waals surface area contributed by atoms with Crippen LogP contribution in [0.1, 0.15) is 11.3 Å². The van der Waals surface area contributed by atoms with Crippen molar-refractivity contribution in [2.24, 2.45) is 0 Å². The number of nitrogens with zero attached hydrogens (tertiary/aromatic N) is 1. The predicted molar refractivity (Wildman–Crippen MR) is 122 cm³/mol. The quantitative estimate of drug-likeness (QED) is 0.449. The Morgan fingerprint density at radius 1 is 0.929 bits per heavy atom. The van der Waals surface area contributed by atoms with E-state index in [0.29, 0.717) is 5.30 Å². The monoisotopic (exact) mass is 458 g/mol. The van der Waals surface area contributed by atoms with Gasteiger partial charge in [-0.1, -0.05) is 46.3 Å². The minimum atomic E-state index is -3.26. The number of anilines is 2. The number of benzene rings is 3. The third-order valence-electron chi connectivity index (χ3n) is 4.60. The number of hydrogen-bond donors (Lipinski definition) is 1. The van der Waals surface area contributed by atoms with E-state index in [4.69, 9.17) is 4.52 Å². The van der Waals surface area contributed by atoms with Gasteiger partial charge < -0.3 is 14.7 Å². The van der Waals surface area contributed by atoms with Gasteiger partial charge in [0.2, 0.25) is 0 Å². The fraction of sp³-hybridized carbons (Fsp3) is 0.182. The zero-order valence-corrected chi connectivity index (χ0v) is 18.7. The van der Waals surface area contributed by atoms with Crippen LogP contribution in [0.5, 0.6) is 0 Å². The molecule has 2 unspecified atom stereocenters. The highest BCUT2D eigenvalue weighted by molar-refractivity contribution is 9.10. The summed E-state index contributed by atoms with van der Waals surface area (Å²) in [5.74, 6) is -0.516. The summed E-state index contributed by atoms with van der Waals surface area (Å²) in [6.07, 6.45) is 0. The standard InChI is InChI=1S/C22H24BrN2O2P/c1-25(2)20-13-15-21(16-14-20)28(26,27-3)22(17-9-11-18(23)12-10-17)24-19-7-5-4-6-8-19/h4-16,22,24H,1-3H3. The molecule has 6 heteroatoms. The molecule has 0 heterocycles. The van der Waals surface area contributed by atoms with Crippen molar-refractivity contribution in [1.82, 2.24) is 0 Å². The molecule has 0 aliphatic carbocycles. The lowest BCUT2D eigenvalue weighted by Gasteiger charge is -2.29. The fourth-order valence-electron chi connectivity index (χ4n) is 3.02. The molecule has 3 aromatic carbocycles. The average Bonchev–Trinajstić information content (AvgIpc) is 2.73. The van der Waals surface area contributed by atoms with Gasteiger partial charge in [-0.25, -0.2) is 0 Å². The first-order valence-electron chi connectivity index (χ1n) is 8.94. The molecule has 28 heavy (non-hydrogen) atoms. The zero-order valence-electron chi connectivity index (χ0n) is 16.2. The first kappa shape index (κ1) is 20.7. The minimum absolute atomic E-state index is 0.516. The molecule has 1 N–H and O–H groups in total. The second kappa shape index (κ2) is 8.95. The van der Waals surface area contributed by atoms with Gasteiger partial charge in [0.1, 0.15) is 5.78 Å². The second-order valence-electron chi connectivity index (χ2n) is 6.65. The Kier molecular flexibility index (Phi) is 6.61. The van der Waals surface area contributed by atoms with Crippen molar-refractivity contribution in [3.63, 3.8) is 0 Å². The van der Waals surface area contributed by atoms with Crippen LogP contribution >= 0.6 is 23.3 Å². The van der Waals surface area contributed by atoms with Crippen LogP contribution in [-0.2, 0) is 9.09 Å². The van der Waals surface area contributed by atoms with Gasteiger partial charge in [-0.3, -0.25) is 4.57 Å². The van der Waals surface area contributed by atoms with Crippen molar-refractivity contribution in [1.29, 1.82) is 0 Å². The Balaban J connectivity index is 2.07. The van der Waals surface area contributed by atoms with Crippen LogP contribution in [0.15, 0.2) is 83.3 Å². The summed E-state index contributed by atoms with van der Waals surface area (Å²) in [4.78, 5) is 2.01. The number of halogens is 1. The molecule has 3 rings (SSSR count). The fourth-order valence-corrected chi connectivity index (χ4v) is 5.45. The zero-order chi connectivity index (χ0) is 20.1. The maximum Gasteiger partial charge on any atom is 0.257 e. The molecule has 0 aliphatic heterocycles. The molecule has 0 aromatic heterocycles. The predicted octanol–water partition coefficient (Wildman–Crippen LogP) is 5.88. The summed E-state index contributed by atoms with van der Waals surface area (Å²) in [7, 11) is 2.21. The molecular weight excluding hydrogens is 435 g/mol. The molecular formula is C22H24BrN2O2P. The summed E-state index contributed by atoms with van der Waals surface area (Å²) in [5, 5.41) is 4.11. The highest BCUT2D eigenvalue weighted by atomic mass is 79.9. The van der Waals surface area contributed by atoms with Gasteiger partial charge in [0.05, 0.1) is 0 Å². The van der Waals surface area contributed by atoms with E-state index in [2.05, 4.69) is 21.2 Å². The van der Waals surface area contributed by atoms with Crippen LogP contribution in [-0.4, -0.2) is 21.2 Å². The van der Waals surface area contributed by atoms with E-state index < -0.39 is 13.2 Å². The van der Waals surface area contributed by atoms with Gasteiger partial charge in [0, 0.05) is 42.4 Å². The van der Waals surface area contributed by atoms with Crippen LogP contribution < -0.4 is 15.5 Å². The van der Waals surface area contributed by atoms with Gasteiger partial charge >= 0.3 is 0 Å². The first-order chi connectivity index (χ1) is 13.4. The Hall–Kier alpha value is -2.07. The van der Waals surface area contributed by atoms with E-state index in [-0.39, 0.29) is 0 Å². The van der Waals surface area contributed by atoms with Crippen molar-refractivity contribution >= 4 is 40.0 Å². The van der Waals surface area contributed by atoms with E-state index in [9.17, 15) is 4.57 Å². The molecule has 3 aromatic rings. The number of para-hydroxylation sites is 1. The van der Waals surface area contributed by atoms with Crippen molar-refractivity contribution in [2.45, 2.75) is 5.78 Å². The van der Waals surface area contributed by atoms with Crippen LogP contribution in [0, 0.1) is 0 Å². The SMILES string of the molecule is COP(=O)(c1ccc(N(C)C)cc1)C(Nc1ccccc1)c1ccc(Br)cc1. The highest BCUT2D eigenvalue weighted by Crippen LogP contribution is 2.58. The second-order valence-corrected chi connectivity index (χ2v) is 10.2. The van der Waals surface area contributed by atoms with E-state index in [0.717, 1.165) is 21.4 Å². The van der Waals surface area contributed by atoms with Crippen molar-refractivity contribution < 1.29 is 9.09 Å². The lowest BCUT2D eigenvalue weighted by Crippen LogP contribution is -2.20. The number of nitrogens with one attached hydrogen (secondary N) is 1. The summed E-state index contributed by atoms with van der Waals surface area (Å²) in [6.45, 7) is 0. The highest BCUT2D eigenvalue weighted by Gasteiger charge is 2.37. The molecule has 4 nitrogen and oxygen atoms in total. The van der Waals surface area contributed by atoms with Gasteiger partial charge in [-0.05, 0) is 54.1 Å². The average molecular weight is 459 g/mol. The molecule has 0 saturated heterocycles. The molecule has 0 radical (unpaired) electrons. The van der Waals surface area contributed by atoms with Gasteiger partial charge in [-0.2, -0.15) is 0 Å². The lowest BCUT2D eigenvalue weighted by molar-refractivity contribution is 0.396. The van der Waals surface area contributed by atoms with Crippen LogP contribution in [0.4, 0.5) is 11.4 Å². The van der Waals surface area contributed by atoms with E-state index in [1.807, 2.05) is 97.9 Å². The Labute approximate surface area is 175 Å². The number of rotatable bonds is 7. The summed E-state index contributed by atoms with van der Waals surface area (Å²) < 4.78 is 20.8. The maximum atomic E-state index is 14.1. The molecule has 0 fully saturated rings. The van der Waals surface area contributed by atoms with Crippen molar-refractivity contribution in [2.75, 3.05) is 31.4 Å². The Bertz CT molecular complexity index is 945. The van der Waals surface area contributed by atoms with Gasteiger partial charge in [0.15, 0.2) is 0 Å². The molecule has 0 saturated carbocycles. The number of hydrogen-bond acceptors (Lipinski definition) is 4. The Morgan fingerprint density at radius 3 is 2.07 bits per heavy atom. The van der Waals surface area contributed by atoms with Crippen molar-refractivity contribution in [3.8, 4) is 0 Å². The van der Waals surface area contributed by atoms with Crippen LogP contribution in [0.3, 0.4) is 0 Å². The van der Waals surface area contributed by atoms with Crippen LogP contribution in [0.25, 0.3) is 0 Å².